The van der Waals surface area contributed by atoms with Gasteiger partial charge in [-0.3, -0.25) is 9.36 Å². The predicted octanol–water partition coefficient (Wildman–Crippen LogP) is -0.693. The van der Waals surface area contributed by atoms with Crippen molar-refractivity contribution in [3.05, 3.63) is 17.6 Å². The molecule has 3 heterocycles. The van der Waals surface area contributed by atoms with E-state index < -0.39 is 36.9 Å². The molecule has 1 aliphatic heterocycles. The van der Waals surface area contributed by atoms with Gasteiger partial charge in [-0.25, -0.2) is 9.97 Å². The largest absolute Gasteiger partial charge is 0.394 e. The molecule has 3 rings (SSSR count). The van der Waals surface area contributed by atoms with Crippen LogP contribution in [0, 0.1) is 6.92 Å². The van der Waals surface area contributed by atoms with Crippen LogP contribution in [0.4, 0.5) is 14.6 Å². The number of fused-ring (bicyclic) bond motifs is 1. The zero-order valence-corrected chi connectivity index (χ0v) is 12.5. The third kappa shape index (κ3) is 2.20. The van der Waals surface area contributed by atoms with E-state index in [9.17, 15) is 18.7 Å². The Morgan fingerprint density at radius 2 is 2.17 bits per heavy atom. The summed E-state index contributed by atoms with van der Waals surface area (Å²) in [5, 5.41) is 18.8. The van der Waals surface area contributed by atoms with Crippen LogP contribution in [0.25, 0.3) is 11.0 Å². The Balaban J connectivity index is 2.25. The number of hydrogen-bond acceptors (Lipinski definition) is 7. The summed E-state index contributed by atoms with van der Waals surface area (Å²) in [6.07, 6.45) is -4.67. The van der Waals surface area contributed by atoms with E-state index in [0.717, 1.165) is 10.8 Å². The van der Waals surface area contributed by atoms with E-state index in [1.54, 1.807) is 0 Å². The number of aliphatic hydroxyl groups is 2. The topological polar surface area (TPSA) is 150 Å². The monoisotopic (exact) mass is 343 g/mol. The van der Waals surface area contributed by atoms with Gasteiger partial charge in [0.1, 0.15) is 23.4 Å². The summed E-state index contributed by atoms with van der Waals surface area (Å²) in [6.45, 7) is 0.696. The number of halogens is 2. The average Bonchev–Trinajstić information content (AvgIpc) is 2.96. The van der Waals surface area contributed by atoms with E-state index in [0.29, 0.717) is 0 Å². The van der Waals surface area contributed by atoms with Gasteiger partial charge in [-0.15, -0.1) is 0 Å². The number of amides is 1. The van der Waals surface area contributed by atoms with Gasteiger partial charge in [0, 0.05) is 6.20 Å². The highest BCUT2D eigenvalue weighted by Gasteiger charge is 2.59. The Kier molecular flexibility index (Phi) is 3.66. The molecule has 1 amide bonds. The third-order valence-electron chi connectivity index (χ3n) is 3.89. The van der Waals surface area contributed by atoms with Gasteiger partial charge in [-0.1, -0.05) is 0 Å². The molecule has 1 saturated heterocycles. The molecule has 0 aromatic carbocycles. The fourth-order valence-corrected chi connectivity index (χ4v) is 2.77. The molecule has 0 aliphatic carbocycles. The summed E-state index contributed by atoms with van der Waals surface area (Å²) in [5.41, 5.74) is 10.8. The van der Waals surface area contributed by atoms with Crippen molar-refractivity contribution in [1.29, 1.82) is 0 Å². The fourth-order valence-electron chi connectivity index (χ4n) is 2.77. The van der Waals surface area contributed by atoms with Gasteiger partial charge in [-0.2, -0.15) is 8.78 Å². The highest BCUT2D eigenvalue weighted by molar-refractivity contribution is 6.08. The van der Waals surface area contributed by atoms with Crippen LogP contribution in [0.2, 0.25) is 0 Å². The number of carbonyl (C=O) groups is 1. The molecule has 3 atom stereocenters. The van der Waals surface area contributed by atoms with Crippen molar-refractivity contribution in [2.24, 2.45) is 5.73 Å². The van der Waals surface area contributed by atoms with Crippen LogP contribution in [0.1, 0.15) is 22.4 Å². The van der Waals surface area contributed by atoms with Crippen LogP contribution < -0.4 is 11.5 Å². The maximum atomic E-state index is 14.4. The molecule has 24 heavy (non-hydrogen) atoms. The normalized spacial score (nSPS) is 26.1. The second kappa shape index (κ2) is 5.33. The number of ether oxygens (including phenoxy) is 1. The summed E-state index contributed by atoms with van der Waals surface area (Å²) in [4.78, 5) is 19.5. The fraction of sp³-hybridized carbons (Fsp3) is 0.462. The van der Waals surface area contributed by atoms with Gasteiger partial charge >= 0.3 is 5.92 Å². The summed E-state index contributed by atoms with van der Waals surface area (Å²) < 4.78 is 34.7. The van der Waals surface area contributed by atoms with E-state index in [4.69, 9.17) is 21.3 Å². The zero-order chi connectivity index (χ0) is 17.8. The number of nitrogen functional groups attached to an aromatic ring is 1. The summed E-state index contributed by atoms with van der Waals surface area (Å²) in [6, 6.07) is 0. The standard InChI is InChI=1S/C13H15F2N5O4/c1-4-18-9(16)7-5(10(17)23)2-20(11(7)19-4)12-13(14,15)8(22)6(3-21)24-12/h2,6,8,12,21-22H,3H2,1H3,(H2,17,23)(H2,16,18,19)/t6-,8-,12-/m1/s1. The van der Waals surface area contributed by atoms with Crippen molar-refractivity contribution in [2.45, 2.75) is 31.3 Å². The molecule has 0 bridgehead atoms. The third-order valence-corrected chi connectivity index (χ3v) is 3.89. The van der Waals surface area contributed by atoms with E-state index in [1.807, 2.05) is 0 Å². The van der Waals surface area contributed by atoms with Crippen molar-refractivity contribution < 1.29 is 28.5 Å². The van der Waals surface area contributed by atoms with Crippen molar-refractivity contribution in [2.75, 3.05) is 12.3 Å². The molecule has 11 heteroatoms. The molecule has 9 nitrogen and oxygen atoms in total. The smallest absolute Gasteiger partial charge is 0.320 e. The summed E-state index contributed by atoms with van der Waals surface area (Å²) in [7, 11) is 0. The first-order valence-corrected chi connectivity index (χ1v) is 6.95. The molecule has 1 aliphatic rings. The van der Waals surface area contributed by atoms with Crippen LogP contribution in [-0.2, 0) is 4.74 Å². The molecule has 1 fully saturated rings. The Hall–Kier alpha value is -2.37. The maximum absolute atomic E-state index is 14.4. The highest BCUT2D eigenvalue weighted by atomic mass is 19.3. The first-order valence-electron chi connectivity index (χ1n) is 6.95. The van der Waals surface area contributed by atoms with Gasteiger partial charge in [0.05, 0.1) is 17.6 Å². The molecule has 2 aromatic heterocycles. The number of carbonyl (C=O) groups excluding carboxylic acids is 1. The average molecular weight is 343 g/mol. The molecule has 0 spiro atoms. The van der Waals surface area contributed by atoms with Gasteiger partial charge < -0.3 is 26.4 Å². The van der Waals surface area contributed by atoms with Crippen molar-refractivity contribution in [3.8, 4) is 0 Å². The lowest BCUT2D eigenvalue weighted by molar-refractivity contribution is -0.138. The molecular formula is C13H15F2N5O4. The lowest BCUT2D eigenvalue weighted by Crippen LogP contribution is -2.39. The maximum Gasteiger partial charge on any atom is 0.320 e. The van der Waals surface area contributed by atoms with Crippen LogP contribution in [0.3, 0.4) is 0 Å². The Labute approximate surface area is 133 Å². The molecule has 0 saturated carbocycles. The minimum absolute atomic E-state index is 0.0226. The SMILES string of the molecule is Cc1nc(N)c2c(C(N)=O)cn([C@@H]3O[C@H](CO)[C@@H](O)C3(F)F)c2n1. The lowest BCUT2D eigenvalue weighted by Gasteiger charge is -2.21. The molecular weight excluding hydrogens is 328 g/mol. The molecule has 6 N–H and O–H groups in total. The van der Waals surface area contributed by atoms with Crippen LogP contribution in [0.5, 0.6) is 0 Å². The number of alkyl halides is 2. The number of nitrogens with two attached hydrogens (primary N) is 2. The lowest BCUT2D eigenvalue weighted by atomic mass is 10.1. The number of nitrogens with zero attached hydrogens (tertiary/aromatic N) is 3. The quantitative estimate of drug-likeness (QED) is 0.576. The number of hydrogen-bond donors (Lipinski definition) is 4. The van der Waals surface area contributed by atoms with Gasteiger partial charge in [0.2, 0.25) is 6.23 Å². The Bertz CT molecular complexity index is 824. The van der Waals surface area contributed by atoms with Gasteiger partial charge in [0.15, 0.2) is 6.10 Å². The minimum atomic E-state index is -3.73. The van der Waals surface area contributed by atoms with Gasteiger partial charge in [-0.05, 0) is 6.92 Å². The number of primary amides is 1. The number of anilines is 1. The number of rotatable bonds is 3. The van der Waals surface area contributed by atoms with Crippen LogP contribution in [0.15, 0.2) is 6.20 Å². The highest BCUT2D eigenvalue weighted by Crippen LogP contribution is 2.44. The van der Waals surface area contributed by atoms with Crippen molar-refractivity contribution >= 4 is 22.8 Å². The zero-order valence-electron chi connectivity index (χ0n) is 12.5. The van der Waals surface area contributed by atoms with Crippen molar-refractivity contribution in [1.82, 2.24) is 14.5 Å². The predicted molar refractivity (Wildman–Crippen MR) is 77.1 cm³/mol. The van der Waals surface area contributed by atoms with Crippen LogP contribution in [-0.4, -0.2) is 55.4 Å². The number of aryl methyl sites for hydroxylation is 1. The minimum Gasteiger partial charge on any atom is -0.394 e. The van der Waals surface area contributed by atoms with E-state index in [-0.39, 0.29) is 28.2 Å². The van der Waals surface area contributed by atoms with E-state index in [1.165, 1.54) is 6.92 Å². The van der Waals surface area contributed by atoms with Crippen LogP contribution >= 0.6 is 0 Å². The Morgan fingerprint density at radius 3 is 2.71 bits per heavy atom. The first kappa shape index (κ1) is 16.5. The van der Waals surface area contributed by atoms with Gasteiger partial charge in [0.25, 0.3) is 5.91 Å². The first-order chi connectivity index (χ1) is 11.2. The molecule has 130 valence electrons. The number of aromatic nitrogens is 3. The molecule has 0 unspecified atom stereocenters. The molecule has 0 radical (unpaired) electrons. The van der Waals surface area contributed by atoms with E-state index in [2.05, 4.69) is 9.97 Å². The summed E-state index contributed by atoms with van der Waals surface area (Å²) >= 11 is 0. The van der Waals surface area contributed by atoms with Crippen molar-refractivity contribution in [3.63, 3.8) is 0 Å². The second-order valence-corrected chi connectivity index (χ2v) is 5.50. The van der Waals surface area contributed by atoms with E-state index >= 15 is 0 Å². The Morgan fingerprint density at radius 1 is 1.50 bits per heavy atom. The number of aliphatic hydroxyl groups excluding tert-OH is 2. The second-order valence-electron chi connectivity index (χ2n) is 5.50. The molecule has 2 aromatic rings. The summed E-state index contributed by atoms with van der Waals surface area (Å²) in [5.74, 6) is -4.54.